The van der Waals surface area contributed by atoms with Crippen LogP contribution in [-0.4, -0.2) is 52.0 Å². The van der Waals surface area contributed by atoms with E-state index in [0.717, 1.165) is 46.5 Å². The molecule has 0 unspecified atom stereocenters. The van der Waals surface area contributed by atoms with E-state index in [-0.39, 0.29) is 5.91 Å². The molecule has 1 aliphatic rings. The Labute approximate surface area is 195 Å². The molecule has 1 fully saturated rings. The lowest BCUT2D eigenvalue weighted by atomic mass is 10.1. The molecule has 1 aliphatic heterocycles. The molecule has 3 heterocycles. The minimum absolute atomic E-state index is 0.0886. The minimum Gasteiger partial charge on any atom is -0.355 e. The number of nitrogens with zero attached hydrogens (tertiary/aromatic N) is 4. The summed E-state index contributed by atoms with van der Waals surface area (Å²) in [6, 6.07) is 19.1. The van der Waals surface area contributed by atoms with Crippen LogP contribution in [0.25, 0.3) is 21.9 Å². The molecule has 0 N–H and O–H groups in total. The fourth-order valence-electron chi connectivity index (χ4n) is 3.72. The molecule has 0 spiro atoms. The Hall–Kier alpha value is -3.00. The third kappa shape index (κ3) is 4.60. The highest BCUT2D eigenvalue weighted by Gasteiger charge is 2.25. The molecular weight excluding hydrogens is 444 g/mol. The van der Waals surface area contributed by atoms with E-state index >= 15 is 0 Å². The smallest absolute Gasteiger partial charge is 0.276 e. The summed E-state index contributed by atoms with van der Waals surface area (Å²) in [5, 5.41) is 7.81. The average molecular weight is 465 g/mol. The normalized spacial score (nSPS) is 14.6. The van der Waals surface area contributed by atoms with E-state index in [4.69, 9.17) is 21.1 Å². The highest BCUT2D eigenvalue weighted by atomic mass is 35.5. The molecule has 8 heteroatoms. The maximum absolute atomic E-state index is 12.9. The van der Waals surface area contributed by atoms with Crippen molar-refractivity contribution in [2.45, 2.75) is 6.54 Å². The summed E-state index contributed by atoms with van der Waals surface area (Å²) in [5.41, 5.74) is 3.38. The van der Waals surface area contributed by atoms with Crippen molar-refractivity contribution in [3.05, 3.63) is 82.5 Å². The molecule has 5 rings (SSSR count). The topological polar surface area (TPSA) is 62.5 Å². The number of benzene rings is 2. The Balaban J connectivity index is 1.17. The Morgan fingerprint density at radius 3 is 2.50 bits per heavy atom. The van der Waals surface area contributed by atoms with Gasteiger partial charge in [-0.1, -0.05) is 59.2 Å². The second-order valence-electron chi connectivity index (χ2n) is 7.66. The Morgan fingerprint density at radius 1 is 1.00 bits per heavy atom. The lowest BCUT2D eigenvalue weighted by molar-refractivity contribution is 0.0617. The number of piperazine rings is 1. The van der Waals surface area contributed by atoms with Crippen molar-refractivity contribution in [1.29, 1.82) is 0 Å². The molecule has 2 aromatic heterocycles. The number of hydrogen-bond acceptors (Lipinski definition) is 6. The highest BCUT2D eigenvalue weighted by molar-refractivity contribution is 7.13. The van der Waals surface area contributed by atoms with Gasteiger partial charge in [-0.3, -0.25) is 9.69 Å². The summed E-state index contributed by atoms with van der Waals surface area (Å²) >= 11 is 7.61. The summed E-state index contributed by atoms with van der Waals surface area (Å²) in [6.45, 7) is 3.67. The summed E-state index contributed by atoms with van der Waals surface area (Å²) in [7, 11) is 0. The van der Waals surface area contributed by atoms with Crippen molar-refractivity contribution in [2.75, 3.05) is 26.2 Å². The van der Waals surface area contributed by atoms with Crippen molar-refractivity contribution in [3.63, 3.8) is 0 Å². The summed E-state index contributed by atoms with van der Waals surface area (Å²) < 4.78 is 5.39. The molecule has 0 atom stereocenters. The van der Waals surface area contributed by atoms with Gasteiger partial charge >= 0.3 is 0 Å². The monoisotopic (exact) mass is 464 g/mol. The van der Waals surface area contributed by atoms with E-state index in [2.05, 4.69) is 15.4 Å². The molecule has 162 valence electrons. The molecule has 4 aromatic rings. The van der Waals surface area contributed by atoms with Gasteiger partial charge in [0.15, 0.2) is 11.5 Å². The molecule has 6 nitrogen and oxygen atoms in total. The number of amides is 1. The molecular formula is C24H21ClN4O2S. The Kier molecular flexibility index (Phi) is 6.03. The van der Waals surface area contributed by atoms with Crippen LogP contribution in [0.3, 0.4) is 0 Å². The zero-order valence-corrected chi connectivity index (χ0v) is 18.9. The van der Waals surface area contributed by atoms with Crippen molar-refractivity contribution < 1.29 is 9.32 Å². The standard InChI is InChI=1S/C24H21ClN4O2S/c25-19-8-6-18(7-9-19)23-26-20(16-32-23)15-28-10-12-29(13-11-28)24(30)21-14-22(31-27-21)17-4-2-1-3-5-17/h1-9,14,16H,10-13,15H2. The van der Waals surface area contributed by atoms with E-state index in [1.54, 1.807) is 17.4 Å². The maximum Gasteiger partial charge on any atom is 0.276 e. The third-order valence-electron chi connectivity index (χ3n) is 5.48. The molecule has 0 bridgehead atoms. The van der Waals surface area contributed by atoms with Crippen LogP contribution >= 0.6 is 22.9 Å². The largest absolute Gasteiger partial charge is 0.355 e. The second kappa shape index (κ2) is 9.24. The van der Waals surface area contributed by atoms with Gasteiger partial charge in [-0.2, -0.15) is 0 Å². The van der Waals surface area contributed by atoms with Gasteiger partial charge in [0.2, 0.25) is 0 Å². The van der Waals surface area contributed by atoms with Gasteiger partial charge in [0.25, 0.3) is 5.91 Å². The van der Waals surface area contributed by atoms with Crippen molar-refractivity contribution >= 4 is 28.8 Å². The van der Waals surface area contributed by atoms with E-state index in [9.17, 15) is 4.79 Å². The predicted molar refractivity (Wildman–Crippen MR) is 126 cm³/mol. The van der Waals surface area contributed by atoms with Gasteiger partial charge in [0.1, 0.15) is 5.01 Å². The lowest BCUT2D eigenvalue weighted by Crippen LogP contribution is -2.48. The lowest BCUT2D eigenvalue weighted by Gasteiger charge is -2.33. The molecule has 1 saturated heterocycles. The van der Waals surface area contributed by atoms with Crippen LogP contribution in [0.1, 0.15) is 16.2 Å². The molecule has 0 saturated carbocycles. The molecule has 32 heavy (non-hydrogen) atoms. The van der Waals surface area contributed by atoms with E-state index in [1.165, 1.54) is 0 Å². The Morgan fingerprint density at radius 2 is 1.75 bits per heavy atom. The number of rotatable bonds is 5. The number of hydrogen-bond donors (Lipinski definition) is 0. The fraction of sp³-hybridized carbons (Fsp3) is 0.208. The quantitative estimate of drug-likeness (QED) is 0.412. The third-order valence-corrected chi connectivity index (χ3v) is 6.67. The van der Waals surface area contributed by atoms with Gasteiger partial charge < -0.3 is 9.42 Å². The summed E-state index contributed by atoms with van der Waals surface area (Å²) in [5.74, 6) is 0.516. The predicted octanol–water partition coefficient (Wildman–Crippen LogP) is 5.08. The SMILES string of the molecule is O=C(c1cc(-c2ccccc2)on1)N1CCN(Cc2csc(-c3ccc(Cl)cc3)n2)CC1. The minimum atomic E-state index is -0.0886. The molecule has 1 amide bonds. The molecule has 2 aromatic carbocycles. The van der Waals surface area contributed by atoms with Crippen molar-refractivity contribution in [2.24, 2.45) is 0 Å². The van der Waals surface area contributed by atoms with Gasteiger partial charge in [-0.25, -0.2) is 4.98 Å². The highest BCUT2D eigenvalue weighted by Crippen LogP contribution is 2.26. The zero-order chi connectivity index (χ0) is 21.9. The van der Waals surface area contributed by atoms with Crippen LogP contribution < -0.4 is 0 Å². The first kappa shape index (κ1) is 20.9. The second-order valence-corrected chi connectivity index (χ2v) is 8.96. The van der Waals surface area contributed by atoms with Crippen LogP contribution in [0.2, 0.25) is 5.02 Å². The van der Waals surface area contributed by atoms with Gasteiger partial charge in [-0.15, -0.1) is 11.3 Å². The fourth-order valence-corrected chi connectivity index (χ4v) is 4.66. The molecule has 0 aliphatic carbocycles. The van der Waals surface area contributed by atoms with Gasteiger partial charge in [-0.05, 0) is 12.1 Å². The van der Waals surface area contributed by atoms with Crippen LogP contribution in [-0.2, 0) is 6.54 Å². The number of halogens is 1. The van der Waals surface area contributed by atoms with Crippen LogP contribution in [0.5, 0.6) is 0 Å². The number of thiazole rings is 1. The first-order chi connectivity index (χ1) is 15.7. The average Bonchev–Trinajstić information content (AvgIpc) is 3.51. The summed E-state index contributed by atoms with van der Waals surface area (Å²) in [6.07, 6.45) is 0. The first-order valence-corrected chi connectivity index (χ1v) is 11.7. The molecule has 0 radical (unpaired) electrons. The Bertz CT molecular complexity index is 1200. The van der Waals surface area contributed by atoms with E-state index in [0.29, 0.717) is 24.5 Å². The summed E-state index contributed by atoms with van der Waals surface area (Å²) in [4.78, 5) is 21.8. The van der Waals surface area contributed by atoms with E-state index < -0.39 is 0 Å². The van der Waals surface area contributed by atoms with Crippen LogP contribution in [0.4, 0.5) is 0 Å². The number of carbonyl (C=O) groups excluding carboxylic acids is 1. The van der Waals surface area contributed by atoms with Crippen molar-refractivity contribution in [3.8, 4) is 21.9 Å². The zero-order valence-electron chi connectivity index (χ0n) is 17.3. The first-order valence-electron chi connectivity index (χ1n) is 10.4. The number of carbonyl (C=O) groups is 1. The maximum atomic E-state index is 12.9. The van der Waals surface area contributed by atoms with Crippen molar-refractivity contribution in [1.82, 2.24) is 19.9 Å². The van der Waals surface area contributed by atoms with Crippen LogP contribution in [0.15, 0.2) is 70.6 Å². The van der Waals surface area contributed by atoms with Gasteiger partial charge in [0.05, 0.1) is 5.69 Å². The van der Waals surface area contributed by atoms with Crippen LogP contribution in [0, 0.1) is 0 Å². The van der Waals surface area contributed by atoms with Gasteiger partial charge in [0, 0.05) is 60.3 Å². The van der Waals surface area contributed by atoms with E-state index in [1.807, 2.05) is 59.5 Å². The number of aromatic nitrogens is 2.